The Bertz CT molecular complexity index is 917. The van der Waals surface area contributed by atoms with Gasteiger partial charge in [0.1, 0.15) is 5.69 Å². The average molecular weight is 428 g/mol. The normalized spacial score (nSPS) is 16.9. The summed E-state index contributed by atoms with van der Waals surface area (Å²) in [6, 6.07) is 4.15. The van der Waals surface area contributed by atoms with Crippen molar-refractivity contribution in [1.82, 2.24) is 15.1 Å². The SMILES string of the molecule is C[C@H]1CN(c2ccc(C(F)(F)F)cc2)C(=O)c2c(C(=O)NC(C)(C)C)cnn21.S. The molecule has 0 radical (unpaired) electrons. The molecule has 10 heteroatoms. The number of fused-ring (bicyclic) bond motifs is 1. The number of alkyl halides is 3. The highest BCUT2D eigenvalue weighted by Gasteiger charge is 2.36. The summed E-state index contributed by atoms with van der Waals surface area (Å²) in [6.45, 7) is 7.52. The minimum atomic E-state index is -4.45. The zero-order valence-corrected chi connectivity index (χ0v) is 17.5. The van der Waals surface area contributed by atoms with E-state index in [1.54, 1.807) is 0 Å². The molecule has 1 aromatic carbocycles. The van der Waals surface area contributed by atoms with Crippen molar-refractivity contribution in [3.8, 4) is 0 Å². The van der Waals surface area contributed by atoms with E-state index in [0.717, 1.165) is 12.1 Å². The summed E-state index contributed by atoms with van der Waals surface area (Å²) in [5.74, 6) is -0.905. The molecule has 0 unspecified atom stereocenters. The molecule has 2 aromatic rings. The van der Waals surface area contributed by atoms with Crippen LogP contribution >= 0.6 is 13.5 Å². The Morgan fingerprint density at radius 3 is 2.28 bits per heavy atom. The minimum Gasteiger partial charge on any atom is -0.347 e. The van der Waals surface area contributed by atoms with Crippen molar-refractivity contribution in [1.29, 1.82) is 0 Å². The first-order valence-corrected chi connectivity index (χ1v) is 8.77. The van der Waals surface area contributed by atoms with Crippen molar-refractivity contribution in [2.24, 2.45) is 0 Å². The molecule has 3 rings (SSSR count). The lowest BCUT2D eigenvalue weighted by atomic mass is 10.1. The summed E-state index contributed by atoms with van der Waals surface area (Å²) in [6.07, 6.45) is -3.10. The Labute approximate surface area is 173 Å². The van der Waals surface area contributed by atoms with E-state index >= 15 is 0 Å². The minimum absolute atomic E-state index is 0. The van der Waals surface area contributed by atoms with Gasteiger partial charge < -0.3 is 10.2 Å². The number of nitrogens with one attached hydrogen (secondary N) is 1. The largest absolute Gasteiger partial charge is 0.416 e. The standard InChI is InChI=1S/C19H21F3N4O2.H2S/c1-11-10-25(13-7-5-12(6-8-13)19(20,21)22)17(28)15-14(9-23-26(11)15)16(27)24-18(2,3)4;/h5-9,11H,10H2,1-4H3,(H,24,27);1H2/t11-;/m0./s1. The molecule has 0 fully saturated rings. The van der Waals surface area contributed by atoms with Crippen LogP contribution in [0.25, 0.3) is 0 Å². The maximum atomic E-state index is 13.1. The van der Waals surface area contributed by atoms with Crippen LogP contribution in [0.4, 0.5) is 18.9 Å². The van der Waals surface area contributed by atoms with Gasteiger partial charge in [0, 0.05) is 17.8 Å². The first kappa shape index (κ1) is 22.8. The number of hydrogen-bond donors (Lipinski definition) is 1. The number of halogens is 3. The van der Waals surface area contributed by atoms with Crippen LogP contribution in [0.5, 0.6) is 0 Å². The molecule has 0 bridgehead atoms. The summed E-state index contributed by atoms with van der Waals surface area (Å²) in [4.78, 5) is 27.0. The maximum Gasteiger partial charge on any atom is 0.416 e. The summed E-state index contributed by atoms with van der Waals surface area (Å²) < 4.78 is 39.9. The van der Waals surface area contributed by atoms with Gasteiger partial charge >= 0.3 is 6.18 Å². The van der Waals surface area contributed by atoms with Crippen LogP contribution in [0.2, 0.25) is 0 Å². The van der Waals surface area contributed by atoms with E-state index < -0.39 is 29.1 Å². The zero-order valence-electron chi connectivity index (χ0n) is 16.5. The van der Waals surface area contributed by atoms with Gasteiger partial charge in [-0.05, 0) is 52.0 Å². The Kier molecular flexibility index (Phi) is 6.08. The molecule has 1 aliphatic rings. The van der Waals surface area contributed by atoms with Crippen molar-refractivity contribution >= 4 is 31.0 Å². The number of benzene rings is 1. The number of rotatable bonds is 2. The molecular formula is C19H23F3N4O2S. The monoisotopic (exact) mass is 428 g/mol. The van der Waals surface area contributed by atoms with Gasteiger partial charge in [-0.3, -0.25) is 14.3 Å². The van der Waals surface area contributed by atoms with Crippen LogP contribution in [0.15, 0.2) is 30.5 Å². The van der Waals surface area contributed by atoms with Crippen molar-refractivity contribution in [2.75, 3.05) is 11.4 Å². The van der Waals surface area contributed by atoms with Gasteiger partial charge in [-0.1, -0.05) is 0 Å². The van der Waals surface area contributed by atoms with Crippen molar-refractivity contribution in [2.45, 2.75) is 45.5 Å². The summed E-state index contributed by atoms with van der Waals surface area (Å²) in [5.41, 5.74) is -0.685. The van der Waals surface area contributed by atoms with Gasteiger partial charge in [0.15, 0.2) is 0 Å². The van der Waals surface area contributed by atoms with E-state index in [-0.39, 0.29) is 37.3 Å². The molecule has 1 N–H and O–H groups in total. The van der Waals surface area contributed by atoms with Gasteiger partial charge in [0.05, 0.1) is 23.4 Å². The highest BCUT2D eigenvalue weighted by molar-refractivity contribution is 7.59. The van der Waals surface area contributed by atoms with E-state index in [1.165, 1.54) is 27.9 Å². The van der Waals surface area contributed by atoms with Gasteiger partial charge in [-0.25, -0.2) is 0 Å². The topological polar surface area (TPSA) is 67.2 Å². The van der Waals surface area contributed by atoms with Gasteiger partial charge in [-0.15, -0.1) is 0 Å². The molecule has 158 valence electrons. The number of amides is 2. The van der Waals surface area contributed by atoms with Crippen LogP contribution in [0.3, 0.4) is 0 Å². The highest BCUT2D eigenvalue weighted by Crippen LogP contribution is 2.32. The van der Waals surface area contributed by atoms with Crippen LogP contribution < -0.4 is 10.2 Å². The van der Waals surface area contributed by atoms with E-state index in [4.69, 9.17) is 0 Å². The lowest BCUT2D eigenvalue weighted by Crippen LogP contribution is -2.45. The Morgan fingerprint density at radius 1 is 1.17 bits per heavy atom. The van der Waals surface area contributed by atoms with Gasteiger partial charge in [0.2, 0.25) is 0 Å². The maximum absolute atomic E-state index is 13.1. The number of aromatic nitrogens is 2. The third-order valence-electron chi connectivity index (χ3n) is 4.35. The fraction of sp³-hybridized carbons (Fsp3) is 0.421. The Balaban J connectivity index is 0.00000300. The van der Waals surface area contributed by atoms with Crippen LogP contribution in [0, 0.1) is 0 Å². The smallest absolute Gasteiger partial charge is 0.347 e. The van der Waals surface area contributed by atoms with E-state index in [9.17, 15) is 22.8 Å². The molecule has 0 saturated carbocycles. The fourth-order valence-electron chi connectivity index (χ4n) is 3.09. The second-order valence-corrected chi connectivity index (χ2v) is 7.86. The second-order valence-electron chi connectivity index (χ2n) is 7.86. The molecular weight excluding hydrogens is 405 g/mol. The quantitative estimate of drug-likeness (QED) is 0.792. The molecule has 2 amide bonds. The summed E-state index contributed by atoms with van der Waals surface area (Å²) in [5, 5.41) is 6.97. The predicted molar refractivity (Wildman–Crippen MR) is 108 cm³/mol. The summed E-state index contributed by atoms with van der Waals surface area (Å²) in [7, 11) is 0. The Morgan fingerprint density at radius 2 is 1.76 bits per heavy atom. The fourth-order valence-corrected chi connectivity index (χ4v) is 3.09. The second kappa shape index (κ2) is 7.74. The van der Waals surface area contributed by atoms with Crippen molar-refractivity contribution < 1.29 is 22.8 Å². The number of hydrogen-bond acceptors (Lipinski definition) is 3. The van der Waals surface area contributed by atoms with E-state index in [0.29, 0.717) is 5.69 Å². The van der Waals surface area contributed by atoms with Crippen molar-refractivity contribution in [3.05, 3.63) is 47.3 Å². The number of carbonyl (C=O) groups excluding carboxylic acids is 2. The third kappa shape index (κ3) is 4.58. The van der Waals surface area contributed by atoms with E-state index in [2.05, 4.69) is 10.4 Å². The summed E-state index contributed by atoms with van der Waals surface area (Å²) >= 11 is 0. The van der Waals surface area contributed by atoms with Crippen LogP contribution in [-0.2, 0) is 6.18 Å². The van der Waals surface area contributed by atoms with Gasteiger partial charge in [0.25, 0.3) is 11.8 Å². The Hall–Kier alpha value is -2.49. The molecule has 0 saturated heterocycles. The van der Waals surface area contributed by atoms with Crippen LogP contribution in [-0.4, -0.2) is 33.7 Å². The van der Waals surface area contributed by atoms with Crippen LogP contribution in [0.1, 0.15) is 60.1 Å². The van der Waals surface area contributed by atoms with E-state index in [1.807, 2.05) is 27.7 Å². The first-order chi connectivity index (χ1) is 12.9. The molecule has 6 nitrogen and oxygen atoms in total. The number of anilines is 1. The molecule has 0 spiro atoms. The first-order valence-electron chi connectivity index (χ1n) is 8.77. The molecule has 1 aliphatic heterocycles. The molecule has 2 heterocycles. The van der Waals surface area contributed by atoms with Crippen molar-refractivity contribution in [3.63, 3.8) is 0 Å². The molecule has 0 aliphatic carbocycles. The molecule has 1 aromatic heterocycles. The number of nitrogens with zero attached hydrogens (tertiary/aromatic N) is 3. The molecule has 1 atom stereocenters. The lowest BCUT2D eigenvalue weighted by Gasteiger charge is -2.32. The highest BCUT2D eigenvalue weighted by atomic mass is 32.1. The lowest BCUT2D eigenvalue weighted by molar-refractivity contribution is -0.137. The average Bonchev–Trinajstić information content (AvgIpc) is 3.02. The zero-order chi connectivity index (χ0) is 20.9. The molecule has 29 heavy (non-hydrogen) atoms. The predicted octanol–water partition coefficient (Wildman–Crippen LogP) is 3.76. The number of carbonyl (C=O) groups is 2. The third-order valence-corrected chi connectivity index (χ3v) is 4.35. The van der Waals surface area contributed by atoms with Gasteiger partial charge in [-0.2, -0.15) is 31.8 Å².